The quantitative estimate of drug-likeness (QED) is 0.681. The van der Waals surface area contributed by atoms with Gasteiger partial charge < -0.3 is 15.0 Å². The molecule has 1 unspecified atom stereocenters. The lowest BCUT2D eigenvalue weighted by atomic mass is 9.92. The van der Waals surface area contributed by atoms with E-state index in [1.54, 1.807) is 12.0 Å². The van der Waals surface area contributed by atoms with E-state index in [0.717, 1.165) is 6.42 Å². The van der Waals surface area contributed by atoms with E-state index in [4.69, 9.17) is 4.74 Å². The molecule has 1 N–H and O–H groups in total. The van der Waals surface area contributed by atoms with Gasteiger partial charge in [-0.15, -0.1) is 0 Å². The van der Waals surface area contributed by atoms with Gasteiger partial charge in [-0.3, -0.25) is 9.59 Å². The molecular formula is C11H20N2O3. The van der Waals surface area contributed by atoms with Crippen LogP contribution < -0.4 is 5.32 Å². The Hall–Kier alpha value is -1.10. The van der Waals surface area contributed by atoms with Gasteiger partial charge in [0.25, 0.3) is 0 Å². The van der Waals surface area contributed by atoms with E-state index in [2.05, 4.69) is 5.32 Å². The molecule has 1 fully saturated rings. The molecule has 0 bridgehead atoms. The maximum absolute atomic E-state index is 11.8. The van der Waals surface area contributed by atoms with Crippen LogP contribution in [-0.4, -0.2) is 49.1 Å². The van der Waals surface area contributed by atoms with Gasteiger partial charge in [0.1, 0.15) is 5.54 Å². The average molecular weight is 228 g/mol. The standard InChI is InChI=1S/C11H20N2O3/c1-4-11(2)10(15)12-8-9(14)13(11)6-5-7-16-3/h4-8H2,1-3H3,(H,12,15). The second kappa shape index (κ2) is 5.30. The van der Waals surface area contributed by atoms with Crippen molar-refractivity contribution in [3.8, 4) is 0 Å². The number of piperazine rings is 1. The molecular weight excluding hydrogens is 208 g/mol. The number of methoxy groups -OCH3 is 1. The highest BCUT2D eigenvalue weighted by molar-refractivity contribution is 5.97. The van der Waals surface area contributed by atoms with Gasteiger partial charge in [0.05, 0.1) is 6.54 Å². The van der Waals surface area contributed by atoms with Crippen LogP contribution in [0.4, 0.5) is 0 Å². The summed E-state index contributed by atoms with van der Waals surface area (Å²) in [6.45, 7) is 5.02. The van der Waals surface area contributed by atoms with Crippen molar-refractivity contribution in [1.29, 1.82) is 0 Å². The Morgan fingerprint density at radius 2 is 2.19 bits per heavy atom. The van der Waals surface area contributed by atoms with Crippen molar-refractivity contribution in [1.82, 2.24) is 10.2 Å². The number of hydrogen-bond donors (Lipinski definition) is 1. The Balaban J connectivity index is 2.73. The summed E-state index contributed by atoms with van der Waals surface area (Å²) in [5, 5.41) is 2.63. The van der Waals surface area contributed by atoms with E-state index in [1.807, 2.05) is 13.8 Å². The van der Waals surface area contributed by atoms with Crippen molar-refractivity contribution >= 4 is 11.8 Å². The Labute approximate surface area is 96.1 Å². The fourth-order valence-corrected chi connectivity index (χ4v) is 1.93. The van der Waals surface area contributed by atoms with Crippen LogP contribution in [0.15, 0.2) is 0 Å². The topological polar surface area (TPSA) is 58.6 Å². The number of hydrogen-bond acceptors (Lipinski definition) is 3. The van der Waals surface area contributed by atoms with Crippen LogP contribution in [0.3, 0.4) is 0 Å². The number of rotatable bonds is 5. The van der Waals surface area contributed by atoms with Crippen molar-refractivity contribution in [2.45, 2.75) is 32.2 Å². The minimum Gasteiger partial charge on any atom is -0.385 e. The number of ether oxygens (including phenoxy) is 1. The first kappa shape index (κ1) is 13.0. The Morgan fingerprint density at radius 3 is 2.75 bits per heavy atom. The van der Waals surface area contributed by atoms with Gasteiger partial charge in [0, 0.05) is 20.3 Å². The summed E-state index contributed by atoms with van der Waals surface area (Å²) in [7, 11) is 1.63. The van der Waals surface area contributed by atoms with Crippen LogP contribution in [0.5, 0.6) is 0 Å². The highest BCUT2D eigenvalue weighted by atomic mass is 16.5. The predicted octanol–water partition coefficient (Wildman–Crippen LogP) is 0.150. The zero-order chi connectivity index (χ0) is 12.2. The van der Waals surface area contributed by atoms with Crippen LogP contribution >= 0.6 is 0 Å². The molecule has 0 radical (unpaired) electrons. The van der Waals surface area contributed by atoms with Gasteiger partial charge in [-0.1, -0.05) is 6.92 Å². The third-order valence-corrected chi connectivity index (χ3v) is 3.20. The number of nitrogens with one attached hydrogen (secondary N) is 1. The summed E-state index contributed by atoms with van der Waals surface area (Å²) >= 11 is 0. The number of carbonyl (C=O) groups is 2. The van der Waals surface area contributed by atoms with Crippen molar-refractivity contribution in [2.75, 3.05) is 26.8 Å². The van der Waals surface area contributed by atoms with Gasteiger partial charge in [0.2, 0.25) is 11.8 Å². The van der Waals surface area contributed by atoms with Gasteiger partial charge >= 0.3 is 0 Å². The third-order valence-electron chi connectivity index (χ3n) is 3.20. The number of amides is 2. The normalized spacial score (nSPS) is 25.8. The molecule has 0 aromatic rings. The summed E-state index contributed by atoms with van der Waals surface area (Å²) in [5.41, 5.74) is -0.705. The lowest BCUT2D eigenvalue weighted by Gasteiger charge is -2.43. The fourth-order valence-electron chi connectivity index (χ4n) is 1.93. The molecule has 1 rings (SSSR count). The van der Waals surface area contributed by atoms with Crippen molar-refractivity contribution in [3.05, 3.63) is 0 Å². The molecule has 1 aliphatic heterocycles. The summed E-state index contributed by atoms with van der Waals surface area (Å²) in [6.07, 6.45) is 1.38. The monoisotopic (exact) mass is 228 g/mol. The molecule has 0 aromatic heterocycles. The predicted molar refractivity (Wildman–Crippen MR) is 59.9 cm³/mol. The molecule has 0 aliphatic carbocycles. The van der Waals surface area contributed by atoms with Crippen LogP contribution in [0.2, 0.25) is 0 Å². The molecule has 0 aromatic carbocycles. The zero-order valence-electron chi connectivity index (χ0n) is 10.2. The van der Waals surface area contributed by atoms with Gasteiger partial charge in [-0.25, -0.2) is 0 Å². The number of carbonyl (C=O) groups excluding carboxylic acids is 2. The van der Waals surface area contributed by atoms with Gasteiger partial charge in [0.15, 0.2) is 0 Å². The smallest absolute Gasteiger partial charge is 0.246 e. The largest absolute Gasteiger partial charge is 0.385 e. The summed E-state index contributed by atoms with van der Waals surface area (Å²) in [6, 6.07) is 0. The fraction of sp³-hybridized carbons (Fsp3) is 0.818. The lowest BCUT2D eigenvalue weighted by molar-refractivity contribution is -0.153. The second-order valence-electron chi connectivity index (χ2n) is 4.20. The molecule has 0 saturated carbocycles. The van der Waals surface area contributed by atoms with E-state index in [0.29, 0.717) is 19.6 Å². The first-order valence-corrected chi connectivity index (χ1v) is 5.64. The minimum absolute atomic E-state index is 0.0138. The third kappa shape index (κ3) is 2.35. The maximum atomic E-state index is 11.8. The Morgan fingerprint density at radius 1 is 1.50 bits per heavy atom. The summed E-state index contributed by atoms with van der Waals surface area (Å²) in [4.78, 5) is 25.2. The Kier molecular flexibility index (Phi) is 4.29. The number of nitrogens with zero attached hydrogens (tertiary/aromatic N) is 1. The van der Waals surface area contributed by atoms with Crippen LogP contribution in [0.25, 0.3) is 0 Å². The van der Waals surface area contributed by atoms with Crippen molar-refractivity contribution in [2.24, 2.45) is 0 Å². The first-order valence-electron chi connectivity index (χ1n) is 5.64. The molecule has 1 saturated heterocycles. The van der Waals surface area contributed by atoms with Gasteiger partial charge in [-0.05, 0) is 19.8 Å². The summed E-state index contributed by atoms with van der Waals surface area (Å²) in [5.74, 6) is -0.0768. The van der Waals surface area contributed by atoms with E-state index in [-0.39, 0.29) is 18.4 Å². The average Bonchev–Trinajstić information content (AvgIpc) is 2.28. The first-order chi connectivity index (χ1) is 7.56. The lowest BCUT2D eigenvalue weighted by Crippen LogP contribution is -2.65. The molecule has 5 nitrogen and oxygen atoms in total. The van der Waals surface area contributed by atoms with E-state index < -0.39 is 5.54 Å². The van der Waals surface area contributed by atoms with Gasteiger partial charge in [-0.2, -0.15) is 0 Å². The maximum Gasteiger partial charge on any atom is 0.246 e. The minimum atomic E-state index is -0.705. The molecule has 5 heteroatoms. The van der Waals surface area contributed by atoms with E-state index in [9.17, 15) is 9.59 Å². The second-order valence-corrected chi connectivity index (χ2v) is 4.20. The SMILES string of the molecule is CCC1(C)C(=O)NCC(=O)N1CCCOC. The molecule has 1 aliphatic rings. The van der Waals surface area contributed by atoms with Crippen LogP contribution in [-0.2, 0) is 14.3 Å². The molecule has 0 spiro atoms. The molecule has 92 valence electrons. The van der Waals surface area contributed by atoms with Crippen LogP contribution in [0, 0.1) is 0 Å². The summed E-state index contributed by atoms with van der Waals surface area (Å²) < 4.78 is 4.96. The Bertz CT molecular complexity index is 280. The molecule has 1 heterocycles. The van der Waals surface area contributed by atoms with Crippen LogP contribution in [0.1, 0.15) is 26.7 Å². The highest BCUT2D eigenvalue weighted by Crippen LogP contribution is 2.23. The van der Waals surface area contributed by atoms with E-state index >= 15 is 0 Å². The van der Waals surface area contributed by atoms with Crippen molar-refractivity contribution in [3.63, 3.8) is 0 Å². The highest BCUT2D eigenvalue weighted by Gasteiger charge is 2.43. The van der Waals surface area contributed by atoms with E-state index in [1.165, 1.54) is 0 Å². The molecule has 16 heavy (non-hydrogen) atoms. The zero-order valence-corrected chi connectivity index (χ0v) is 10.2. The molecule has 2 amide bonds. The van der Waals surface area contributed by atoms with Crippen molar-refractivity contribution < 1.29 is 14.3 Å². The molecule has 1 atom stereocenters.